The number of hydrogen-bond acceptors (Lipinski definition) is 2. The third kappa shape index (κ3) is 2.39. The first kappa shape index (κ1) is 12.7. The van der Waals surface area contributed by atoms with Gasteiger partial charge in [0, 0.05) is 18.3 Å². The van der Waals surface area contributed by atoms with Crippen LogP contribution in [-0.2, 0) is 17.6 Å². The van der Waals surface area contributed by atoms with E-state index in [9.17, 15) is 4.79 Å². The molecule has 1 amide bonds. The number of hydrogen-bond donors (Lipinski definition) is 1. The van der Waals surface area contributed by atoms with Crippen molar-refractivity contribution < 1.29 is 4.79 Å². The maximum atomic E-state index is 12.4. The Labute approximate surface area is 115 Å². The quantitative estimate of drug-likeness (QED) is 0.902. The number of nitrogens with one attached hydrogen (secondary N) is 1. The molecule has 0 saturated carbocycles. The zero-order chi connectivity index (χ0) is 13.4. The molecular weight excluding hydrogens is 236 g/mol. The molecule has 0 bridgehead atoms. The Morgan fingerprint density at radius 2 is 2.05 bits per heavy atom. The minimum absolute atomic E-state index is 0.00625. The van der Waals surface area contributed by atoms with Crippen LogP contribution in [0.5, 0.6) is 0 Å². The van der Waals surface area contributed by atoms with Crippen molar-refractivity contribution in [3.63, 3.8) is 0 Å². The molecule has 1 aliphatic heterocycles. The lowest BCUT2D eigenvalue weighted by molar-refractivity contribution is -0.118. The van der Waals surface area contributed by atoms with E-state index in [1.165, 1.54) is 30.4 Å². The van der Waals surface area contributed by atoms with E-state index < -0.39 is 0 Å². The molecule has 0 radical (unpaired) electrons. The number of aryl methyl sites for hydroxylation is 2. The van der Waals surface area contributed by atoms with Gasteiger partial charge < -0.3 is 10.2 Å². The van der Waals surface area contributed by atoms with Gasteiger partial charge in [-0.3, -0.25) is 4.79 Å². The van der Waals surface area contributed by atoms with Gasteiger partial charge in [-0.15, -0.1) is 0 Å². The molecule has 1 atom stereocenters. The molecule has 3 heteroatoms. The second kappa shape index (κ2) is 4.97. The third-order valence-electron chi connectivity index (χ3n) is 4.13. The number of anilines is 1. The van der Waals surface area contributed by atoms with Crippen molar-refractivity contribution in [1.82, 2.24) is 5.32 Å². The van der Waals surface area contributed by atoms with Crippen molar-refractivity contribution in [3.05, 3.63) is 29.3 Å². The second-order valence-electron chi connectivity index (χ2n) is 5.96. The van der Waals surface area contributed by atoms with E-state index in [-0.39, 0.29) is 11.9 Å². The lowest BCUT2D eigenvalue weighted by Crippen LogP contribution is -2.41. The summed E-state index contributed by atoms with van der Waals surface area (Å²) in [4.78, 5) is 14.3. The number of carbonyl (C=O) groups excluding carboxylic acids is 1. The van der Waals surface area contributed by atoms with E-state index in [1.807, 2.05) is 4.90 Å². The van der Waals surface area contributed by atoms with Gasteiger partial charge in [0.2, 0.25) is 5.91 Å². The Hall–Kier alpha value is -1.35. The summed E-state index contributed by atoms with van der Waals surface area (Å²) >= 11 is 0. The van der Waals surface area contributed by atoms with Crippen LogP contribution in [0, 0.1) is 0 Å². The highest BCUT2D eigenvalue weighted by Crippen LogP contribution is 2.29. The summed E-state index contributed by atoms with van der Waals surface area (Å²) in [6, 6.07) is 6.88. The average Bonchev–Trinajstić information content (AvgIpc) is 2.96. The van der Waals surface area contributed by atoms with E-state index in [0.717, 1.165) is 18.7 Å². The van der Waals surface area contributed by atoms with Crippen LogP contribution in [0.2, 0.25) is 0 Å². The Balaban J connectivity index is 1.78. The van der Waals surface area contributed by atoms with E-state index in [0.29, 0.717) is 6.04 Å². The van der Waals surface area contributed by atoms with Crippen molar-refractivity contribution in [1.29, 1.82) is 0 Å². The molecule has 0 spiro atoms. The van der Waals surface area contributed by atoms with Gasteiger partial charge in [0.25, 0.3) is 0 Å². The van der Waals surface area contributed by atoms with Crippen LogP contribution >= 0.6 is 0 Å². The largest absolute Gasteiger partial charge is 0.311 e. The fourth-order valence-electron chi connectivity index (χ4n) is 3.22. The van der Waals surface area contributed by atoms with Crippen molar-refractivity contribution in [2.45, 2.75) is 51.6 Å². The molecule has 1 saturated heterocycles. The summed E-state index contributed by atoms with van der Waals surface area (Å²) in [5, 5.41) is 3.35. The Kier molecular flexibility index (Phi) is 3.31. The summed E-state index contributed by atoms with van der Waals surface area (Å²) in [5.41, 5.74) is 3.98. The molecule has 1 fully saturated rings. The Bertz CT molecular complexity index is 496. The summed E-state index contributed by atoms with van der Waals surface area (Å²) < 4.78 is 0. The average molecular weight is 258 g/mol. The van der Waals surface area contributed by atoms with Crippen molar-refractivity contribution in [2.24, 2.45) is 0 Å². The van der Waals surface area contributed by atoms with Crippen LogP contribution < -0.4 is 10.2 Å². The maximum Gasteiger partial charge on any atom is 0.244 e. The number of nitrogens with zero attached hydrogens (tertiary/aromatic N) is 1. The number of benzene rings is 1. The van der Waals surface area contributed by atoms with Crippen molar-refractivity contribution >= 4 is 11.6 Å². The smallest absolute Gasteiger partial charge is 0.244 e. The second-order valence-corrected chi connectivity index (χ2v) is 5.96. The summed E-state index contributed by atoms with van der Waals surface area (Å²) in [6.45, 7) is 5.01. The molecule has 1 aromatic carbocycles. The van der Waals surface area contributed by atoms with Gasteiger partial charge in [-0.1, -0.05) is 19.9 Å². The molecule has 1 N–H and O–H groups in total. The number of carbonyl (C=O) groups is 1. The highest BCUT2D eigenvalue weighted by molar-refractivity contribution is 5.99. The van der Waals surface area contributed by atoms with Gasteiger partial charge in [-0.2, -0.15) is 0 Å². The fourth-order valence-corrected chi connectivity index (χ4v) is 3.22. The number of amides is 1. The molecule has 1 aromatic rings. The van der Waals surface area contributed by atoms with Crippen LogP contribution in [0.3, 0.4) is 0 Å². The first-order valence-corrected chi connectivity index (χ1v) is 7.34. The molecule has 102 valence electrons. The highest BCUT2D eigenvalue weighted by atomic mass is 16.2. The lowest BCUT2D eigenvalue weighted by Gasteiger charge is -2.19. The summed E-state index contributed by atoms with van der Waals surface area (Å²) in [7, 11) is 0. The van der Waals surface area contributed by atoms with Gasteiger partial charge in [-0.05, 0) is 48.9 Å². The van der Waals surface area contributed by atoms with Crippen LogP contribution in [0.15, 0.2) is 18.2 Å². The van der Waals surface area contributed by atoms with Gasteiger partial charge in [0.05, 0.1) is 6.04 Å². The molecule has 1 unspecified atom stereocenters. The predicted molar refractivity (Wildman–Crippen MR) is 77.5 cm³/mol. The molecule has 0 aromatic heterocycles. The van der Waals surface area contributed by atoms with Crippen LogP contribution in [-0.4, -0.2) is 24.5 Å². The molecule has 1 heterocycles. The SMILES string of the molecule is CC(C)NC1CCN(c2ccc3c(c2)CCC3)C1=O. The first-order valence-electron chi connectivity index (χ1n) is 7.34. The van der Waals surface area contributed by atoms with Crippen LogP contribution in [0.25, 0.3) is 0 Å². The minimum Gasteiger partial charge on any atom is -0.311 e. The van der Waals surface area contributed by atoms with E-state index in [2.05, 4.69) is 37.4 Å². The van der Waals surface area contributed by atoms with E-state index in [4.69, 9.17) is 0 Å². The number of rotatable bonds is 3. The maximum absolute atomic E-state index is 12.4. The summed E-state index contributed by atoms with van der Waals surface area (Å²) in [6.07, 6.45) is 4.53. The first-order chi connectivity index (χ1) is 9.15. The monoisotopic (exact) mass is 258 g/mol. The fraction of sp³-hybridized carbons (Fsp3) is 0.562. The Morgan fingerprint density at radius 3 is 2.84 bits per heavy atom. The van der Waals surface area contributed by atoms with Gasteiger partial charge in [0.15, 0.2) is 0 Å². The molecule has 3 nitrogen and oxygen atoms in total. The zero-order valence-electron chi connectivity index (χ0n) is 11.8. The normalized spacial score (nSPS) is 22.4. The van der Waals surface area contributed by atoms with Crippen molar-refractivity contribution in [2.75, 3.05) is 11.4 Å². The molecule has 3 rings (SSSR count). The van der Waals surface area contributed by atoms with Gasteiger partial charge >= 0.3 is 0 Å². The standard InChI is InChI=1S/C16H22N2O/c1-11(2)17-15-8-9-18(16(15)19)14-7-6-12-4-3-5-13(12)10-14/h6-7,10-11,15,17H,3-5,8-9H2,1-2H3. The molecule has 2 aliphatic rings. The third-order valence-corrected chi connectivity index (χ3v) is 4.13. The van der Waals surface area contributed by atoms with Crippen LogP contribution in [0.4, 0.5) is 5.69 Å². The Morgan fingerprint density at radius 1 is 1.26 bits per heavy atom. The zero-order valence-corrected chi connectivity index (χ0v) is 11.8. The molecular formula is C16H22N2O. The molecule has 1 aliphatic carbocycles. The predicted octanol–water partition coefficient (Wildman–Crippen LogP) is 2.28. The van der Waals surface area contributed by atoms with Gasteiger partial charge in [0.1, 0.15) is 0 Å². The number of fused-ring (bicyclic) bond motifs is 1. The lowest BCUT2D eigenvalue weighted by atomic mass is 10.1. The van der Waals surface area contributed by atoms with Crippen molar-refractivity contribution in [3.8, 4) is 0 Å². The van der Waals surface area contributed by atoms with E-state index in [1.54, 1.807) is 0 Å². The topological polar surface area (TPSA) is 32.3 Å². The van der Waals surface area contributed by atoms with Crippen LogP contribution in [0.1, 0.15) is 37.8 Å². The van der Waals surface area contributed by atoms with E-state index >= 15 is 0 Å². The van der Waals surface area contributed by atoms with Gasteiger partial charge in [-0.25, -0.2) is 0 Å². The minimum atomic E-state index is -0.00625. The highest BCUT2D eigenvalue weighted by Gasteiger charge is 2.32. The molecule has 19 heavy (non-hydrogen) atoms. The summed E-state index contributed by atoms with van der Waals surface area (Å²) in [5.74, 6) is 0.228.